The quantitative estimate of drug-likeness (QED) is 0.522. The molecule has 5 nitrogen and oxygen atoms in total. The molecule has 0 radical (unpaired) electrons. The summed E-state index contributed by atoms with van der Waals surface area (Å²) in [5.74, 6) is -0.377. The van der Waals surface area contributed by atoms with Crippen LogP contribution >= 0.6 is 11.6 Å². The van der Waals surface area contributed by atoms with E-state index in [9.17, 15) is 18.4 Å². The van der Waals surface area contributed by atoms with Gasteiger partial charge in [0.1, 0.15) is 6.61 Å². The highest BCUT2D eigenvalue weighted by molar-refractivity contribution is 6.19. The van der Waals surface area contributed by atoms with Crippen LogP contribution in [0.1, 0.15) is 6.42 Å². The Morgan fingerprint density at radius 3 is 2.62 bits per heavy atom. The second kappa shape index (κ2) is 9.29. The van der Waals surface area contributed by atoms with E-state index in [1.807, 2.05) is 5.32 Å². The van der Waals surface area contributed by atoms with Crippen molar-refractivity contribution in [2.45, 2.75) is 12.8 Å². The molecule has 0 spiro atoms. The summed E-state index contributed by atoms with van der Waals surface area (Å²) in [5.41, 5.74) is 0. The maximum Gasteiger partial charge on any atom is 0.321 e. The normalized spacial score (nSPS) is 10.2. The second-order valence-electron chi connectivity index (χ2n) is 2.71. The third-order valence-electron chi connectivity index (χ3n) is 1.35. The maximum atomic E-state index is 11.6. The minimum atomic E-state index is -2.53. The minimum absolute atomic E-state index is 0.0385. The van der Waals surface area contributed by atoms with E-state index >= 15 is 0 Å². The van der Waals surface area contributed by atoms with E-state index in [0.717, 1.165) is 0 Å². The van der Waals surface area contributed by atoms with Gasteiger partial charge in [0.25, 0.3) is 6.43 Å². The lowest BCUT2D eigenvalue weighted by atomic mass is 10.4. The Morgan fingerprint density at radius 1 is 1.38 bits per heavy atom. The van der Waals surface area contributed by atoms with Crippen molar-refractivity contribution < 1.29 is 23.1 Å². The average Bonchev–Trinajstić information content (AvgIpc) is 2.16. The van der Waals surface area contributed by atoms with E-state index in [1.165, 1.54) is 0 Å². The number of hydrogen-bond acceptors (Lipinski definition) is 3. The van der Waals surface area contributed by atoms with Crippen LogP contribution in [0, 0.1) is 0 Å². The Balaban J connectivity index is 3.40. The van der Waals surface area contributed by atoms with Gasteiger partial charge in [-0.05, 0) is 0 Å². The number of amides is 3. The molecular weight excluding hydrogens is 246 g/mol. The van der Waals surface area contributed by atoms with Crippen molar-refractivity contribution in [3.63, 3.8) is 0 Å². The molecule has 0 aliphatic heterocycles. The first-order chi connectivity index (χ1) is 7.56. The molecule has 3 amide bonds. The summed E-state index contributed by atoms with van der Waals surface area (Å²) in [6.07, 6.45) is -2.49. The van der Waals surface area contributed by atoms with Crippen molar-refractivity contribution in [3.05, 3.63) is 0 Å². The molecule has 0 bridgehead atoms. The van der Waals surface area contributed by atoms with Crippen LogP contribution in [0.4, 0.5) is 13.6 Å². The van der Waals surface area contributed by atoms with Crippen molar-refractivity contribution in [1.29, 1.82) is 0 Å². The lowest BCUT2D eigenvalue weighted by Gasteiger charge is -2.06. The molecule has 0 aromatic rings. The van der Waals surface area contributed by atoms with Gasteiger partial charge < -0.3 is 10.1 Å². The first-order valence-electron chi connectivity index (χ1n) is 4.55. The van der Waals surface area contributed by atoms with Crippen molar-refractivity contribution in [3.8, 4) is 0 Å². The molecule has 0 atom stereocenters. The van der Waals surface area contributed by atoms with Crippen LogP contribution in [0.3, 0.4) is 0 Å². The molecule has 0 aromatic heterocycles. The first-order valence-corrected chi connectivity index (χ1v) is 5.09. The van der Waals surface area contributed by atoms with E-state index in [0.29, 0.717) is 0 Å². The zero-order valence-electron chi connectivity index (χ0n) is 8.47. The first kappa shape index (κ1) is 15.0. The Kier molecular flexibility index (Phi) is 8.74. The molecular formula is C8H13ClF2N2O3. The summed E-state index contributed by atoms with van der Waals surface area (Å²) in [6, 6.07) is -0.698. The number of carbonyl (C=O) groups excluding carboxylic acids is 2. The Morgan fingerprint density at radius 2 is 2.06 bits per heavy atom. The number of halogens is 3. The fourth-order valence-corrected chi connectivity index (χ4v) is 0.900. The predicted molar refractivity (Wildman–Crippen MR) is 53.7 cm³/mol. The van der Waals surface area contributed by atoms with Crippen LogP contribution in [-0.4, -0.2) is 44.0 Å². The fraction of sp³-hybridized carbons (Fsp3) is 0.750. The second-order valence-corrected chi connectivity index (χ2v) is 3.09. The highest BCUT2D eigenvalue weighted by Crippen LogP contribution is 1.91. The lowest BCUT2D eigenvalue weighted by molar-refractivity contribution is -0.119. The SMILES string of the molecule is O=C(CCCl)NC(=O)NCCOCC(F)F. The summed E-state index contributed by atoms with van der Waals surface area (Å²) < 4.78 is 27.7. The third kappa shape index (κ3) is 9.60. The zero-order chi connectivity index (χ0) is 12.4. The number of imide groups is 1. The number of hydrogen-bond donors (Lipinski definition) is 2. The number of nitrogens with one attached hydrogen (secondary N) is 2. The molecule has 0 aliphatic carbocycles. The molecule has 2 N–H and O–H groups in total. The molecule has 0 saturated carbocycles. The van der Waals surface area contributed by atoms with Gasteiger partial charge in [0.05, 0.1) is 6.61 Å². The Labute approximate surface area is 96.5 Å². The van der Waals surface area contributed by atoms with E-state index in [2.05, 4.69) is 10.1 Å². The number of urea groups is 1. The monoisotopic (exact) mass is 258 g/mol. The van der Waals surface area contributed by atoms with Crippen LogP contribution in [0.5, 0.6) is 0 Å². The van der Waals surface area contributed by atoms with Gasteiger partial charge in [-0.15, -0.1) is 11.6 Å². The Hall–Kier alpha value is -0.950. The van der Waals surface area contributed by atoms with E-state index in [4.69, 9.17) is 11.6 Å². The van der Waals surface area contributed by atoms with E-state index in [1.54, 1.807) is 0 Å². The molecule has 0 saturated heterocycles. The molecule has 8 heteroatoms. The average molecular weight is 259 g/mol. The van der Waals surface area contributed by atoms with Gasteiger partial charge in [-0.1, -0.05) is 0 Å². The molecule has 0 rings (SSSR count). The molecule has 16 heavy (non-hydrogen) atoms. The lowest BCUT2D eigenvalue weighted by Crippen LogP contribution is -2.40. The van der Waals surface area contributed by atoms with Gasteiger partial charge in [0.2, 0.25) is 5.91 Å². The smallest absolute Gasteiger partial charge is 0.321 e. The summed E-state index contributed by atoms with van der Waals surface area (Å²) in [4.78, 5) is 21.8. The highest BCUT2D eigenvalue weighted by Gasteiger charge is 2.06. The molecule has 0 aliphatic rings. The third-order valence-corrected chi connectivity index (χ3v) is 1.54. The molecule has 0 fully saturated rings. The minimum Gasteiger partial charge on any atom is -0.374 e. The van der Waals surface area contributed by atoms with Crippen molar-refractivity contribution >= 4 is 23.5 Å². The van der Waals surface area contributed by atoms with Gasteiger partial charge in [0.15, 0.2) is 0 Å². The number of rotatable bonds is 7. The molecule has 94 valence electrons. The molecule has 0 unspecified atom stereocenters. The fourth-order valence-electron chi connectivity index (χ4n) is 0.728. The molecule has 0 heterocycles. The van der Waals surface area contributed by atoms with Crippen LogP contribution < -0.4 is 10.6 Å². The predicted octanol–water partition coefficient (Wildman–Crippen LogP) is 0.723. The molecule has 0 aromatic carbocycles. The highest BCUT2D eigenvalue weighted by atomic mass is 35.5. The standard InChI is InChI=1S/C8H13ClF2N2O3/c9-2-1-7(14)13-8(15)12-3-4-16-5-6(10)11/h6H,1-5H2,(H2,12,13,14,15). The summed E-state index contributed by atoms with van der Waals surface area (Å²) >= 11 is 5.27. The summed E-state index contributed by atoms with van der Waals surface area (Å²) in [7, 11) is 0. The van der Waals surface area contributed by atoms with E-state index in [-0.39, 0.29) is 25.5 Å². The van der Waals surface area contributed by atoms with Crippen molar-refractivity contribution in [2.24, 2.45) is 0 Å². The number of ether oxygens (including phenoxy) is 1. The van der Waals surface area contributed by atoms with Crippen molar-refractivity contribution in [2.75, 3.05) is 25.6 Å². The van der Waals surface area contributed by atoms with Gasteiger partial charge in [0, 0.05) is 18.8 Å². The Bertz CT molecular complexity index is 229. The van der Waals surface area contributed by atoms with Gasteiger partial charge in [-0.25, -0.2) is 13.6 Å². The van der Waals surface area contributed by atoms with E-state index < -0.39 is 25.0 Å². The number of alkyl halides is 3. The largest absolute Gasteiger partial charge is 0.374 e. The number of carbonyl (C=O) groups is 2. The van der Waals surface area contributed by atoms with Crippen LogP contribution in [0.15, 0.2) is 0 Å². The van der Waals surface area contributed by atoms with Crippen molar-refractivity contribution in [1.82, 2.24) is 10.6 Å². The maximum absolute atomic E-state index is 11.6. The zero-order valence-corrected chi connectivity index (χ0v) is 9.23. The van der Waals surface area contributed by atoms with Gasteiger partial charge in [-0.3, -0.25) is 10.1 Å². The topological polar surface area (TPSA) is 67.4 Å². The summed E-state index contributed by atoms with van der Waals surface area (Å²) in [5, 5.41) is 4.27. The van der Waals surface area contributed by atoms with Crippen LogP contribution in [-0.2, 0) is 9.53 Å². The van der Waals surface area contributed by atoms with Gasteiger partial charge >= 0.3 is 6.03 Å². The van der Waals surface area contributed by atoms with Crippen LogP contribution in [0.2, 0.25) is 0 Å². The van der Waals surface area contributed by atoms with Crippen LogP contribution in [0.25, 0.3) is 0 Å². The van der Waals surface area contributed by atoms with Gasteiger partial charge in [-0.2, -0.15) is 0 Å². The summed E-state index contributed by atoms with van der Waals surface area (Å²) in [6.45, 7) is -0.664.